The first kappa shape index (κ1) is 20.0. The van der Waals surface area contributed by atoms with E-state index in [4.69, 9.17) is 4.74 Å². The third-order valence-electron chi connectivity index (χ3n) is 6.18. The van der Waals surface area contributed by atoms with Crippen LogP contribution in [0.25, 0.3) is 0 Å². The number of likely N-dealkylation sites (tertiary alicyclic amines) is 1. The number of amides is 1. The Morgan fingerprint density at radius 3 is 2.86 bits per heavy atom. The molecule has 29 heavy (non-hydrogen) atoms. The number of piperidine rings is 1. The van der Waals surface area contributed by atoms with Gasteiger partial charge in [-0.3, -0.25) is 14.7 Å². The van der Waals surface area contributed by atoms with Gasteiger partial charge in [-0.25, -0.2) is 0 Å². The van der Waals surface area contributed by atoms with E-state index in [1.165, 1.54) is 0 Å². The molecule has 0 aromatic carbocycles. The largest absolute Gasteiger partial charge is 0.373 e. The number of rotatable bonds is 5. The zero-order valence-electron chi connectivity index (χ0n) is 17.3. The monoisotopic (exact) mass is 398 g/mol. The number of hydrogen-bond acceptors (Lipinski definition) is 6. The van der Waals surface area contributed by atoms with Gasteiger partial charge in [0, 0.05) is 30.7 Å². The molecule has 2 aromatic heterocycles. The van der Waals surface area contributed by atoms with Gasteiger partial charge in [-0.05, 0) is 51.4 Å². The lowest BCUT2D eigenvalue weighted by Crippen LogP contribution is -2.44. The van der Waals surface area contributed by atoms with Crippen molar-refractivity contribution >= 4 is 5.91 Å². The van der Waals surface area contributed by atoms with Gasteiger partial charge in [-0.15, -0.1) is 10.2 Å². The molecule has 0 radical (unpaired) electrons. The maximum absolute atomic E-state index is 12.7. The molecule has 1 fully saturated rings. The van der Waals surface area contributed by atoms with Gasteiger partial charge in [0.1, 0.15) is 6.61 Å². The van der Waals surface area contributed by atoms with E-state index in [0.29, 0.717) is 19.0 Å². The first-order chi connectivity index (χ1) is 14.1. The van der Waals surface area contributed by atoms with Crippen molar-refractivity contribution in [3.05, 3.63) is 41.7 Å². The van der Waals surface area contributed by atoms with Gasteiger partial charge >= 0.3 is 0 Å². The molecule has 1 spiro atoms. The molecule has 4 heterocycles. The zero-order valence-corrected chi connectivity index (χ0v) is 17.3. The molecule has 1 atom stereocenters. The fraction of sp³-hybridized carbons (Fsp3) is 0.619. The Labute approximate surface area is 171 Å². The van der Waals surface area contributed by atoms with Crippen LogP contribution < -0.4 is 5.32 Å². The SMILES string of the molecule is CC[C@@H](C)NC(=O)c1nnc2n1CC1(CCN(Cc3ccccn3)CC1)COC2. The van der Waals surface area contributed by atoms with E-state index in [-0.39, 0.29) is 17.4 Å². The molecule has 4 rings (SSSR count). The van der Waals surface area contributed by atoms with E-state index in [1.54, 1.807) is 0 Å². The maximum atomic E-state index is 12.7. The standard InChI is InChI=1S/C21H30N6O2/c1-3-16(2)23-20(28)19-25-24-18-13-29-15-21(14-27(18)19)7-10-26(11-8-21)12-17-6-4-5-9-22-17/h4-6,9,16H,3,7-8,10-15H2,1-2H3,(H,23,28)/t16-/m1/s1. The van der Waals surface area contributed by atoms with E-state index in [0.717, 1.165) is 57.0 Å². The van der Waals surface area contributed by atoms with Gasteiger partial charge in [-0.2, -0.15) is 0 Å². The first-order valence-corrected chi connectivity index (χ1v) is 10.5. The quantitative estimate of drug-likeness (QED) is 0.829. The number of carbonyl (C=O) groups excluding carboxylic acids is 1. The summed E-state index contributed by atoms with van der Waals surface area (Å²) < 4.78 is 7.96. The molecule has 1 amide bonds. The lowest BCUT2D eigenvalue weighted by molar-refractivity contribution is -0.00591. The van der Waals surface area contributed by atoms with Gasteiger partial charge in [0.25, 0.3) is 5.91 Å². The minimum Gasteiger partial charge on any atom is -0.373 e. The summed E-state index contributed by atoms with van der Waals surface area (Å²) in [6.07, 6.45) is 4.76. The van der Waals surface area contributed by atoms with Crippen molar-refractivity contribution in [2.45, 2.75) is 58.8 Å². The predicted molar refractivity (Wildman–Crippen MR) is 108 cm³/mol. The number of hydrogen-bond donors (Lipinski definition) is 1. The van der Waals surface area contributed by atoms with Crippen molar-refractivity contribution in [2.24, 2.45) is 5.41 Å². The minimum atomic E-state index is -0.150. The Morgan fingerprint density at radius 2 is 2.14 bits per heavy atom. The highest BCUT2D eigenvalue weighted by Gasteiger charge is 2.39. The number of carbonyl (C=O) groups is 1. The van der Waals surface area contributed by atoms with E-state index in [1.807, 2.05) is 29.8 Å². The molecule has 1 N–H and O–H groups in total. The Morgan fingerprint density at radius 1 is 1.31 bits per heavy atom. The van der Waals surface area contributed by atoms with Crippen molar-refractivity contribution in [1.82, 2.24) is 30.0 Å². The third-order valence-corrected chi connectivity index (χ3v) is 6.18. The second-order valence-corrected chi connectivity index (χ2v) is 8.40. The summed E-state index contributed by atoms with van der Waals surface area (Å²) in [7, 11) is 0. The van der Waals surface area contributed by atoms with Crippen molar-refractivity contribution in [3.63, 3.8) is 0 Å². The van der Waals surface area contributed by atoms with Crippen LogP contribution in [0.2, 0.25) is 0 Å². The van der Waals surface area contributed by atoms with Crippen LogP contribution in [0.1, 0.15) is 55.2 Å². The van der Waals surface area contributed by atoms with Crippen LogP contribution >= 0.6 is 0 Å². The topological polar surface area (TPSA) is 85.2 Å². The lowest BCUT2D eigenvalue weighted by atomic mass is 9.79. The van der Waals surface area contributed by atoms with E-state index < -0.39 is 0 Å². The third kappa shape index (κ3) is 4.48. The molecular formula is C21H30N6O2. The molecule has 0 saturated carbocycles. The Kier molecular flexibility index (Phi) is 5.91. The summed E-state index contributed by atoms with van der Waals surface area (Å²) in [6, 6.07) is 6.17. The Hall–Kier alpha value is -2.32. The van der Waals surface area contributed by atoms with Crippen molar-refractivity contribution < 1.29 is 9.53 Å². The summed E-state index contributed by atoms with van der Waals surface area (Å²) in [5.74, 6) is 0.996. The summed E-state index contributed by atoms with van der Waals surface area (Å²) in [5, 5.41) is 11.4. The van der Waals surface area contributed by atoms with Gasteiger partial charge in [0.2, 0.25) is 5.82 Å². The molecule has 2 aliphatic rings. The van der Waals surface area contributed by atoms with Crippen LogP contribution in [0, 0.1) is 5.41 Å². The normalized spacial score (nSPS) is 20.1. The van der Waals surface area contributed by atoms with Crippen molar-refractivity contribution in [2.75, 3.05) is 19.7 Å². The fourth-order valence-corrected chi connectivity index (χ4v) is 4.12. The van der Waals surface area contributed by atoms with Gasteiger partial charge < -0.3 is 14.6 Å². The van der Waals surface area contributed by atoms with Crippen LogP contribution in [-0.4, -0.2) is 56.3 Å². The second-order valence-electron chi connectivity index (χ2n) is 8.40. The smallest absolute Gasteiger partial charge is 0.289 e. The van der Waals surface area contributed by atoms with Gasteiger partial charge in [-0.1, -0.05) is 13.0 Å². The number of aromatic nitrogens is 4. The highest BCUT2D eigenvalue weighted by atomic mass is 16.5. The number of fused-ring (bicyclic) bond motifs is 1. The summed E-state index contributed by atoms with van der Waals surface area (Å²) in [5.41, 5.74) is 1.12. The molecule has 2 aromatic rings. The maximum Gasteiger partial charge on any atom is 0.289 e. The molecule has 0 unspecified atom stereocenters. The van der Waals surface area contributed by atoms with Gasteiger partial charge in [0.05, 0.1) is 12.3 Å². The van der Waals surface area contributed by atoms with Crippen LogP contribution in [-0.2, 0) is 24.4 Å². The molecular weight excluding hydrogens is 368 g/mol. The number of ether oxygens (including phenoxy) is 1. The number of pyridine rings is 1. The molecule has 156 valence electrons. The summed E-state index contributed by atoms with van der Waals surface area (Å²) >= 11 is 0. The van der Waals surface area contributed by atoms with Crippen molar-refractivity contribution in [1.29, 1.82) is 0 Å². The lowest BCUT2D eigenvalue weighted by Gasteiger charge is -2.41. The van der Waals surface area contributed by atoms with Gasteiger partial charge in [0.15, 0.2) is 5.82 Å². The average Bonchev–Trinajstić information content (AvgIpc) is 3.04. The number of nitrogens with zero attached hydrogens (tertiary/aromatic N) is 5. The molecule has 8 nitrogen and oxygen atoms in total. The van der Waals surface area contributed by atoms with E-state index >= 15 is 0 Å². The minimum absolute atomic E-state index is 0.0135. The Balaban J connectivity index is 1.45. The Bertz CT molecular complexity index is 829. The van der Waals surface area contributed by atoms with Crippen LogP contribution in [0.15, 0.2) is 24.4 Å². The summed E-state index contributed by atoms with van der Waals surface area (Å²) in [6.45, 7) is 8.74. The highest BCUT2D eigenvalue weighted by molar-refractivity contribution is 5.90. The van der Waals surface area contributed by atoms with Crippen molar-refractivity contribution in [3.8, 4) is 0 Å². The zero-order chi connectivity index (χ0) is 20.3. The molecule has 1 saturated heterocycles. The average molecular weight is 399 g/mol. The van der Waals surface area contributed by atoms with E-state index in [9.17, 15) is 4.79 Å². The first-order valence-electron chi connectivity index (χ1n) is 10.5. The molecule has 2 aliphatic heterocycles. The second kappa shape index (κ2) is 8.59. The molecule has 0 aliphatic carbocycles. The summed E-state index contributed by atoms with van der Waals surface area (Å²) in [4.78, 5) is 19.6. The van der Waals surface area contributed by atoms with E-state index in [2.05, 4.69) is 38.4 Å². The van der Waals surface area contributed by atoms with Crippen LogP contribution in [0.3, 0.4) is 0 Å². The molecule has 0 bridgehead atoms. The van der Waals surface area contributed by atoms with Crippen LogP contribution in [0.5, 0.6) is 0 Å². The van der Waals surface area contributed by atoms with Crippen LogP contribution in [0.4, 0.5) is 0 Å². The number of nitrogens with one attached hydrogen (secondary N) is 1. The molecule has 8 heteroatoms. The fourth-order valence-electron chi connectivity index (χ4n) is 4.12. The predicted octanol–water partition coefficient (Wildman–Crippen LogP) is 2.01. The highest BCUT2D eigenvalue weighted by Crippen LogP contribution is 2.36.